The van der Waals surface area contributed by atoms with Gasteiger partial charge in [0.05, 0.1) is 16.0 Å². The molecular weight excluding hydrogens is 421 g/mol. The molecule has 1 atom stereocenters. The molecule has 2 aromatic carbocycles. The number of imidazole rings is 1. The van der Waals surface area contributed by atoms with E-state index in [1.165, 1.54) is 49.4 Å². The van der Waals surface area contributed by atoms with E-state index >= 15 is 0 Å². The molecule has 12 heteroatoms. The molecule has 0 radical (unpaired) electrons. The predicted octanol–water partition coefficient (Wildman–Crippen LogP) is 3.53. The fourth-order valence-corrected chi connectivity index (χ4v) is 2.81. The summed E-state index contributed by atoms with van der Waals surface area (Å²) in [6, 6.07) is 10.9. The first kappa shape index (κ1) is 21.7. The van der Waals surface area contributed by atoms with Gasteiger partial charge in [-0.25, -0.2) is 4.98 Å². The van der Waals surface area contributed by atoms with Crippen molar-refractivity contribution >= 4 is 34.3 Å². The lowest BCUT2D eigenvalue weighted by atomic mass is 10.2. The molecule has 0 fully saturated rings. The third kappa shape index (κ3) is 4.97. The van der Waals surface area contributed by atoms with Crippen molar-refractivity contribution in [3.05, 3.63) is 64.5 Å². The Balaban J connectivity index is 1.71. The highest BCUT2D eigenvalue weighted by Crippen LogP contribution is 2.31. The number of fused-ring (bicyclic) bond motifs is 1. The van der Waals surface area contributed by atoms with Gasteiger partial charge in [0.15, 0.2) is 6.10 Å². The van der Waals surface area contributed by atoms with E-state index in [1.807, 2.05) is 0 Å². The van der Waals surface area contributed by atoms with E-state index in [0.717, 1.165) is 6.07 Å². The maximum absolute atomic E-state index is 13.3. The molecule has 3 rings (SSSR count). The van der Waals surface area contributed by atoms with Crippen LogP contribution in [0.3, 0.4) is 0 Å². The van der Waals surface area contributed by atoms with Crippen molar-refractivity contribution in [1.29, 1.82) is 0 Å². The van der Waals surface area contributed by atoms with Gasteiger partial charge in [0.2, 0.25) is 5.82 Å². The summed E-state index contributed by atoms with van der Waals surface area (Å²) in [5, 5.41) is 13.1. The minimum absolute atomic E-state index is 0.0547. The zero-order valence-electron chi connectivity index (χ0n) is 15.9. The Bertz CT molecular complexity index is 1160. The highest BCUT2D eigenvalue weighted by atomic mass is 19.4. The number of halogens is 3. The number of nitro benzene ring substituents is 1. The Kier molecular flexibility index (Phi) is 5.90. The quantitative estimate of drug-likeness (QED) is 0.359. The summed E-state index contributed by atoms with van der Waals surface area (Å²) in [5.74, 6) is -3.16. The monoisotopic (exact) mass is 436 g/mol. The summed E-state index contributed by atoms with van der Waals surface area (Å²) >= 11 is 0. The average molecular weight is 436 g/mol. The van der Waals surface area contributed by atoms with Crippen LogP contribution >= 0.6 is 0 Å². The molecule has 31 heavy (non-hydrogen) atoms. The Morgan fingerprint density at radius 1 is 1.23 bits per heavy atom. The highest BCUT2D eigenvalue weighted by molar-refractivity contribution is 5.95. The summed E-state index contributed by atoms with van der Waals surface area (Å²) in [5.41, 5.74) is -0.0178. The van der Waals surface area contributed by atoms with Crippen molar-refractivity contribution in [2.45, 2.75) is 25.7 Å². The number of non-ortho nitro benzene ring substituents is 1. The van der Waals surface area contributed by atoms with Gasteiger partial charge in [0, 0.05) is 17.8 Å². The zero-order valence-corrected chi connectivity index (χ0v) is 15.9. The SMILES string of the molecule is CC(OC(=O)Cn1c(C(F)(F)F)nc2ccccc21)C(=O)Nc1cccc([N+](=O)[O-])c1. The molecule has 1 aromatic heterocycles. The van der Waals surface area contributed by atoms with Crippen molar-refractivity contribution in [2.75, 3.05) is 5.32 Å². The van der Waals surface area contributed by atoms with E-state index in [4.69, 9.17) is 4.74 Å². The van der Waals surface area contributed by atoms with Crippen LogP contribution in [0.1, 0.15) is 12.7 Å². The number of anilines is 1. The number of nitro groups is 1. The summed E-state index contributed by atoms with van der Waals surface area (Å²) in [4.78, 5) is 38.1. The van der Waals surface area contributed by atoms with Crippen LogP contribution in [0.15, 0.2) is 48.5 Å². The zero-order chi connectivity index (χ0) is 22.8. The number of carbonyl (C=O) groups excluding carboxylic acids is 2. The van der Waals surface area contributed by atoms with Crippen LogP contribution in [-0.4, -0.2) is 32.5 Å². The van der Waals surface area contributed by atoms with Gasteiger partial charge in [-0.1, -0.05) is 18.2 Å². The topological polar surface area (TPSA) is 116 Å². The van der Waals surface area contributed by atoms with Gasteiger partial charge in [0.25, 0.3) is 11.6 Å². The number of nitrogens with zero attached hydrogens (tertiary/aromatic N) is 3. The number of alkyl halides is 3. The molecule has 0 saturated carbocycles. The Labute approximate surface area is 172 Å². The summed E-state index contributed by atoms with van der Waals surface area (Å²) < 4.78 is 45.6. The maximum Gasteiger partial charge on any atom is 0.449 e. The summed E-state index contributed by atoms with van der Waals surface area (Å²) in [6.07, 6.45) is -6.17. The normalized spacial score (nSPS) is 12.4. The number of hydrogen-bond acceptors (Lipinski definition) is 6. The van der Waals surface area contributed by atoms with E-state index in [0.29, 0.717) is 4.57 Å². The fourth-order valence-electron chi connectivity index (χ4n) is 2.81. The molecule has 1 heterocycles. The van der Waals surface area contributed by atoms with Gasteiger partial charge in [0.1, 0.15) is 6.54 Å². The number of aromatic nitrogens is 2. The lowest BCUT2D eigenvalue weighted by molar-refractivity contribution is -0.384. The minimum Gasteiger partial charge on any atom is -0.451 e. The lowest BCUT2D eigenvalue weighted by Gasteiger charge is -2.15. The summed E-state index contributed by atoms with van der Waals surface area (Å²) in [6.45, 7) is 0.408. The maximum atomic E-state index is 13.3. The molecule has 0 aliphatic rings. The van der Waals surface area contributed by atoms with Gasteiger partial charge in [-0.3, -0.25) is 19.7 Å². The van der Waals surface area contributed by atoms with Crippen molar-refractivity contribution < 1.29 is 32.4 Å². The number of nitrogens with one attached hydrogen (secondary N) is 1. The minimum atomic E-state index is -4.80. The molecule has 1 amide bonds. The number of rotatable bonds is 6. The number of hydrogen-bond donors (Lipinski definition) is 1. The molecule has 9 nitrogen and oxygen atoms in total. The van der Waals surface area contributed by atoms with Gasteiger partial charge in [-0.15, -0.1) is 0 Å². The van der Waals surface area contributed by atoms with Crippen LogP contribution in [-0.2, 0) is 27.0 Å². The fraction of sp³-hybridized carbons (Fsp3) is 0.211. The molecule has 0 aliphatic carbocycles. The van der Waals surface area contributed by atoms with Crippen molar-refractivity contribution in [1.82, 2.24) is 9.55 Å². The molecule has 3 aromatic rings. The molecule has 0 saturated heterocycles. The third-order valence-corrected chi connectivity index (χ3v) is 4.20. The molecule has 1 unspecified atom stereocenters. The number of ether oxygens (including phenoxy) is 1. The van der Waals surface area contributed by atoms with Gasteiger partial charge < -0.3 is 14.6 Å². The van der Waals surface area contributed by atoms with Gasteiger partial charge in [-0.2, -0.15) is 13.2 Å². The molecular formula is C19H15F3N4O5. The van der Waals surface area contributed by atoms with E-state index in [9.17, 15) is 32.9 Å². The number of amides is 1. The molecule has 0 spiro atoms. The first-order valence-electron chi connectivity index (χ1n) is 8.83. The Morgan fingerprint density at radius 3 is 2.61 bits per heavy atom. The van der Waals surface area contributed by atoms with Crippen LogP contribution in [0.25, 0.3) is 11.0 Å². The second-order valence-corrected chi connectivity index (χ2v) is 6.44. The van der Waals surface area contributed by atoms with Crippen LogP contribution in [0.5, 0.6) is 0 Å². The van der Waals surface area contributed by atoms with E-state index in [2.05, 4.69) is 10.3 Å². The van der Waals surface area contributed by atoms with Gasteiger partial charge in [-0.05, 0) is 25.1 Å². The molecule has 162 valence electrons. The first-order valence-corrected chi connectivity index (χ1v) is 8.83. The second-order valence-electron chi connectivity index (χ2n) is 6.44. The van der Waals surface area contributed by atoms with Crippen LogP contribution < -0.4 is 5.32 Å². The number of esters is 1. The van der Waals surface area contributed by atoms with Crippen molar-refractivity contribution in [3.63, 3.8) is 0 Å². The summed E-state index contributed by atoms with van der Waals surface area (Å²) in [7, 11) is 0. The van der Waals surface area contributed by atoms with E-state index < -0.39 is 41.4 Å². The van der Waals surface area contributed by atoms with Crippen LogP contribution in [0.4, 0.5) is 24.5 Å². The van der Waals surface area contributed by atoms with Crippen LogP contribution in [0.2, 0.25) is 0 Å². The number of carbonyl (C=O) groups is 2. The molecule has 1 N–H and O–H groups in total. The average Bonchev–Trinajstić information content (AvgIpc) is 3.07. The standard InChI is InChI=1S/C19H15F3N4O5/c1-11(17(28)23-12-5-4-6-13(9-12)26(29)30)31-16(27)10-25-15-8-3-2-7-14(15)24-18(25)19(20,21)22/h2-9,11H,10H2,1H3,(H,23,28). The van der Waals surface area contributed by atoms with Crippen LogP contribution in [0, 0.1) is 10.1 Å². The largest absolute Gasteiger partial charge is 0.451 e. The van der Waals surface area contributed by atoms with Crippen molar-refractivity contribution in [3.8, 4) is 0 Å². The smallest absolute Gasteiger partial charge is 0.449 e. The molecule has 0 bridgehead atoms. The second kappa shape index (κ2) is 8.42. The highest BCUT2D eigenvalue weighted by Gasteiger charge is 2.38. The van der Waals surface area contributed by atoms with Crippen molar-refractivity contribution in [2.24, 2.45) is 0 Å². The molecule has 0 aliphatic heterocycles. The Hall–Kier alpha value is -3.96. The Morgan fingerprint density at radius 2 is 1.94 bits per heavy atom. The number of benzene rings is 2. The van der Waals surface area contributed by atoms with Gasteiger partial charge >= 0.3 is 12.1 Å². The van der Waals surface area contributed by atoms with E-state index in [-0.39, 0.29) is 22.4 Å². The first-order chi connectivity index (χ1) is 14.6. The predicted molar refractivity (Wildman–Crippen MR) is 102 cm³/mol. The van der Waals surface area contributed by atoms with E-state index in [1.54, 1.807) is 0 Å². The lowest BCUT2D eigenvalue weighted by Crippen LogP contribution is -2.31. The number of para-hydroxylation sites is 2. The third-order valence-electron chi connectivity index (χ3n) is 4.20.